The minimum Gasteiger partial charge on any atom is -0.385 e. The number of halogens is 1. The lowest BCUT2D eigenvalue weighted by Crippen LogP contribution is -2.51. The number of carbonyl (C=O) groups excluding carboxylic acids is 2. The van der Waals surface area contributed by atoms with Crippen LogP contribution in [0, 0.1) is 12.3 Å². The first-order valence-corrected chi connectivity index (χ1v) is 9.93. The van der Waals surface area contributed by atoms with Crippen molar-refractivity contribution >= 4 is 29.2 Å². The van der Waals surface area contributed by atoms with Gasteiger partial charge in [-0.05, 0) is 50.3 Å². The Hall–Kier alpha value is -1.79. The Kier molecular flexibility index (Phi) is 6.27. The van der Waals surface area contributed by atoms with Crippen LogP contribution in [-0.2, 0) is 9.53 Å². The van der Waals surface area contributed by atoms with Crippen LogP contribution in [0.3, 0.4) is 0 Å². The van der Waals surface area contributed by atoms with Gasteiger partial charge in [0.2, 0.25) is 5.91 Å². The van der Waals surface area contributed by atoms with Crippen molar-refractivity contribution in [2.45, 2.75) is 32.6 Å². The summed E-state index contributed by atoms with van der Waals surface area (Å²) in [6.07, 6.45) is 3.42. The van der Waals surface area contributed by atoms with Gasteiger partial charge in [-0.1, -0.05) is 17.7 Å². The predicted octanol–water partition coefficient (Wildman–Crippen LogP) is 3.53. The average Bonchev–Trinajstić information content (AvgIpc) is 3.07. The van der Waals surface area contributed by atoms with E-state index in [0.717, 1.165) is 44.3 Å². The molecule has 0 radical (unpaired) electrons. The van der Waals surface area contributed by atoms with Crippen molar-refractivity contribution in [3.8, 4) is 0 Å². The standard InChI is InChI=1S/C20H28ClN3O3/c1-15-5-6-16(21)13-17(15)22-19(26)24-11-8-20(14-24)7-3-9-23(18(20)25)10-4-12-27-2/h5-6,13H,3-4,7-12,14H2,1-2H3,(H,22,26)/t20-/m0/s1. The van der Waals surface area contributed by atoms with E-state index in [2.05, 4.69) is 5.32 Å². The predicted molar refractivity (Wildman–Crippen MR) is 106 cm³/mol. The Bertz CT molecular complexity index is 712. The zero-order valence-electron chi connectivity index (χ0n) is 16.1. The summed E-state index contributed by atoms with van der Waals surface area (Å²) in [6.45, 7) is 5.20. The van der Waals surface area contributed by atoms with E-state index in [-0.39, 0.29) is 11.9 Å². The highest BCUT2D eigenvalue weighted by molar-refractivity contribution is 6.31. The number of rotatable bonds is 5. The highest BCUT2D eigenvalue weighted by Crippen LogP contribution is 2.40. The van der Waals surface area contributed by atoms with E-state index in [1.165, 1.54) is 0 Å². The van der Waals surface area contributed by atoms with Crippen LogP contribution in [0.5, 0.6) is 0 Å². The van der Waals surface area contributed by atoms with Crippen LogP contribution < -0.4 is 5.32 Å². The fourth-order valence-electron chi connectivity index (χ4n) is 4.11. The van der Waals surface area contributed by atoms with Crippen LogP contribution in [0.2, 0.25) is 5.02 Å². The molecule has 0 bridgehead atoms. The first kappa shape index (κ1) is 20.0. The van der Waals surface area contributed by atoms with Gasteiger partial charge in [0.15, 0.2) is 0 Å². The molecule has 1 N–H and O–H groups in total. The first-order chi connectivity index (χ1) is 12.9. The quantitative estimate of drug-likeness (QED) is 0.778. The molecule has 0 unspecified atom stereocenters. The fraction of sp³-hybridized carbons (Fsp3) is 0.600. The molecule has 6 nitrogen and oxygen atoms in total. The maximum absolute atomic E-state index is 13.1. The third kappa shape index (κ3) is 4.38. The summed E-state index contributed by atoms with van der Waals surface area (Å²) >= 11 is 6.04. The molecule has 3 amide bonds. The van der Waals surface area contributed by atoms with Gasteiger partial charge in [-0.2, -0.15) is 0 Å². The number of carbonyl (C=O) groups is 2. The smallest absolute Gasteiger partial charge is 0.321 e. The number of ether oxygens (including phenoxy) is 1. The van der Waals surface area contributed by atoms with Gasteiger partial charge >= 0.3 is 6.03 Å². The van der Waals surface area contributed by atoms with Crippen molar-refractivity contribution in [1.82, 2.24) is 9.80 Å². The summed E-state index contributed by atoms with van der Waals surface area (Å²) in [5, 5.41) is 3.53. The molecule has 7 heteroatoms. The summed E-state index contributed by atoms with van der Waals surface area (Å²) < 4.78 is 5.10. The number of nitrogens with zero attached hydrogens (tertiary/aromatic N) is 2. The molecule has 3 rings (SSSR count). The molecule has 2 fully saturated rings. The topological polar surface area (TPSA) is 61.9 Å². The Morgan fingerprint density at radius 1 is 1.33 bits per heavy atom. The number of methoxy groups -OCH3 is 1. The van der Waals surface area contributed by atoms with Gasteiger partial charge in [-0.15, -0.1) is 0 Å². The Balaban J connectivity index is 1.63. The van der Waals surface area contributed by atoms with Gasteiger partial charge in [-0.3, -0.25) is 4.79 Å². The second-order valence-corrected chi connectivity index (χ2v) is 8.02. The van der Waals surface area contributed by atoms with E-state index < -0.39 is 5.41 Å². The fourth-order valence-corrected chi connectivity index (χ4v) is 4.28. The van der Waals surface area contributed by atoms with Crippen LogP contribution in [0.15, 0.2) is 18.2 Å². The van der Waals surface area contributed by atoms with Gasteiger partial charge in [0.1, 0.15) is 0 Å². The average molecular weight is 394 g/mol. The number of benzene rings is 1. The number of nitrogens with one attached hydrogen (secondary N) is 1. The van der Waals surface area contributed by atoms with Gasteiger partial charge in [0.25, 0.3) is 0 Å². The molecule has 0 saturated carbocycles. The molecule has 148 valence electrons. The van der Waals surface area contributed by atoms with Gasteiger partial charge in [0, 0.05) is 50.6 Å². The van der Waals surface area contributed by atoms with Crippen LogP contribution >= 0.6 is 11.6 Å². The molecule has 27 heavy (non-hydrogen) atoms. The van der Waals surface area contributed by atoms with Crippen molar-refractivity contribution in [3.63, 3.8) is 0 Å². The minimum atomic E-state index is -0.425. The number of likely N-dealkylation sites (tertiary alicyclic amines) is 2. The molecular formula is C20H28ClN3O3. The number of piperidine rings is 1. The molecule has 1 aromatic rings. The number of hydrogen-bond donors (Lipinski definition) is 1. The van der Waals surface area contributed by atoms with E-state index in [9.17, 15) is 9.59 Å². The largest absolute Gasteiger partial charge is 0.385 e. The monoisotopic (exact) mass is 393 g/mol. The van der Waals surface area contributed by atoms with Crippen LogP contribution in [-0.4, -0.2) is 61.6 Å². The molecule has 0 aliphatic carbocycles. The van der Waals surface area contributed by atoms with Crippen molar-refractivity contribution in [2.75, 3.05) is 45.2 Å². The summed E-state index contributed by atoms with van der Waals surface area (Å²) in [5.41, 5.74) is 1.25. The number of urea groups is 1. The zero-order valence-corrected chi connectivity index (χ0v) is 16.8. The Morgan fingerprint density at radius 2 is 2.15 bits per heavy atom. The number of aryl methyl sites for hydroxylation is 1. The molecule has 0 aromatic heterocycles. The highest BCUT2D eigenvalue weighted by Gasteiger charge is 2.49. The summed E-state index contributed by atoms with van der Waals surface area (Å²) in [7, 11) is 1.68. The van der Waals surface area contributed by atoms with Gasteiger partial charge in [-0.25, -0.2) is 4.79 Å². The maximum atomic E-state index is 13.1. The Morgan fingerprint density at radius 3 is 2.93 bits per heavy atom. The second-order valence-electron chi connectivity index (χ2n) is 7.58. The second kappa shape index (κ2) is 8.48. The van der Waals surface area contributed by atoms with Crippen molar-refractivity contribution in [2.24, 2.45) is 5.41 Å². The summed E-state index contributed by atoms with van der Waals surface area (Å²) in [5.74, 6) is 0.194. The van der Waals surface area contributed by atoms with Crippen LogP contribution in [0.4, 0.5) is 10.5 Å². The van der Waals surface area contributed by atoms with Crippen LogP contribution in [0.1, 0.15) is 31.2 Å². The van der Waals surface area contributed by atoms with E-state index in [1.807, 2.05) is 17.9 Å². The third-order valence-electron chi connectivity index (χ3n) is 5.68. The molecule has 2 saturated heterocycles. The van der Waals surface area contributed by atoms with Crippen molar-refractivity contribution in [1.29, 1.82) is 0 Å². The SMILES string of the molecule is COCCCN1CCC[C@@]2(CCN(C(=O)Nc3cc(Cl)ccc3C)C2)C1=O. The first-order valence-electron chi connectivity index (χ1n) is 9.55. The highest BCUT2D eigenvalue weighted by atomic mass is 35.5. The normalized spacial score (nSPS) is 22.6. The van der Waals surface area contributed by atoms with Crippen molar-refractivity contribution < 1.29 is 14.3 Å². The third-order valence-corrected chi connectivity index (χ3v) is 5.92. The number of amides is 3. The number of anilines is 1. The van der Waals surface area contributed by atoms with E-state index in [1.54, 1.807) is 24.1 Å². The number of hydrogen-bond acceptors (Lipinski definition) is 3. The zero-order chi connectivity index (χ0) is 19.4. The van der Waals surface area contributed by atoms with E-state index >= 15 is 0 Å². The minimum absolute atomic E-state index is 0.165. The van der Waals surface area contributed by atoms with Gasteiger partial charge < -0.3 is 19.9 Å². The lowest BCUT2D eigenvalue weighted by Gasteiger charge is -2.39. The summed E-state index contributed by atoms with van der Waals surface area (Å²) in [4.78, 5) is 29.5. The maximum Gasteiger partial charge on any atom is 0.321 e. The lowest BCUT2D eigenvalue weighted by atomic mass is 9.78. The Labute approximate surface area is 165 Å². The van der Waals surface area contributed by atoms with Crippen LogP contribution in [0.25, 0.3) is 0 Å². The lowest BCUT2D eigenvalue weighted by molar-refractivity contribution is -0.145. The molecule has 1 spiro atoms. The van der Waals surface area contributed by atoms with Gasteiger partial charge in [0.05, 0.1) is 5.41 Å². The van der Waals surface area contributed by atoms with Crippen molar-refractivity contribution in [3.05, 3.63) is 28.8 Å². The molecule has 2 heterocycles. The van der Waals surface area contributed by atoms with E-state index in [0.29, 0.717) is 30.4 Å². The summed E-state index contributed by atoms with van der Waals surface area (Å²) in [6, 6.07) is 5.27. The molecule has 2 aliphatic heterocycles. The molecular weight excluding hydrogens is 366 g/mol. The molecule has 2 aliphatic rings. The molecule has 1 aromatic carbocycles. The molecule has 1 atom stereocenters. The van der Waals surface area contributed by atoms with E-state index in [4.69, 9.17) is 16.3 Å².